The third kappa shape index (κ3) is 1.61. The molecule has 0 amide bonds. The van der Waals surface area contributed by atoms with Gasteiger partial charge in [0.15, 0.2) is 0 Å². The maximum atomic E-state index is 4.57. The minimum atomic E-state index is 0.455. The number of aryl methyl sites for hydroxylation is 1. The molecule has 1 aliphatic heterocycles. The van der Waals surface area contributed by atoms with E-state index in [4.69, 9.17) is 0 Å². The minimum absolute atomic E-state index is 0.455. The van der Waals surface area contributed by atoms with Gasteiger partial charge in [0.2, 0.25) is 0 Å². The maximum Gasteiger partial charge on any atom is 0.0938 e. The van der Waals surface area contributed by atoms with Crippen LogP contribution in [0, 0.1) is 0 Å². The molecule has 78 valence electrons. The molecule has 1 saturated heterocycles. The number of nitrogens with zero attached hydrogens (tertiary/aromatic N) is 2. The molecule has 1 atom stereocenters. The van der Waals surface area contributed by atoms with Crippen LogP contribution in [0.4, 0.5) is 0 Å². The monoisotopic (exact) mass is 257 g/mol. The molecule has 0 spiro atoms. The molecule has 2 heterocycles. The van der Waals surface area contributed by atoms with Gasteiger partial charge in [-0.3, -0.25) is 4.68 Å². The first-order valence-corrected chi connectivity index (χ1v) is 5.98. The third-order valence-electron chi connectivity index (χ3n) is 2.85. The second kappa shape index (κ2) is 4.03. The fraction of sp³-hybridized carbons (Fsp3) is 0.700. The molecular weight excluding hydrogens is 242 g/mol. The standard InChI is InChI=1S/C10H16BrN3/c1-3-8-9(11)10(13-14(8)2)7-5-4-6-12-7/h7,12H,3-6H2,1-2H3. The summed E-state index contributed by atoms with van der Waals surface area (Å²) >= 11 is 3.65. The van der Waals surface area contributed by atoms with Gasteiger partial charge in [-0.2, -0.15) is 5.10 Å². The lowest BCUT2D eigenvalue weighted by atomic mass is 10.1. The van der Waals surface area contributed by atoms with Crippen molar-refractivity contribution in [3.8, 4) is 0 Å². The van der Waals surface area contributed by atoms with E-state index in [1.165, 1.54) is 28.7 Å². The predicted octanol–water partition coefficient (Wildman–Crippen LogP) is 2.17. The summed E-state index contributed by atoms with van der Waals surface area (Å²) in [6.07, 6.45) is 3.49. The molecule has 1 unspecified atom stereocenters. The van der Waals surface area contributed by atoms with Crippen molar-refractivity contribution in [3.63, 3.8) is 0 Å². The second-order valence-corrected chi connectivity index (χ2v) is 4.57. The summed E-state index contributed by atoms with van der Waals surface area (Å²) in [4.78, 5) is 0. The van der Waals surface area contributed by atoms with Crippen LogP contribution in [-0.4, -0.2) is 16.3 Å². The van der Waals surface area contributed by atoms with Crippen LogP contribution in [0.15, 0.2) is 4.47 Å². The van der Waals surface area contributed by atoms with Gasteiger partial charge in [0.1, 0.15) is 0 Å². The van der Waals surface area contributed by atoms with Crippen molar-refractivity contribution in [1.29, 1.82) is 0 Å². The Labute approximate surface area is 93.0 Å². The Morgan fingerprint density at radius 3 is 2.93 bits per heavy atom. The lowest BCUT2D eigenvalue weighted by Crippen LogP contribution is -2.14. The average molecular weight is 258 g/mol. The highest BCUT2D eigenvalue weighted by Gasteiger charge is 2.23. The molecule has 14 heavy (non-hydrogen) atoms. The number of hydrogen-bond acceptors (Lipinski definition) is 2. The fourth-order valence-corrected chi connectivity index (χ4v) is 2.97. The molecule has 1 aromatic heterocycles. The summed E-state index contributed by atoms with van der Waals surface area (Å²) in [5.41, 5.74) is 2.47. The van der Waals surface area contributed by atoms with Crippen molar-refractivity contribution in [2.45, 2.75) is 32.2 Å². The van der Waals surface area contributed by atoms with Crippen LogP contribution < -0.4 is 5.32 Å². The number of halogens is 1. The Hall–Kier alpha value is -0.350. The highest BCUT2D eigenvalue weighted by molar-refractivity contribution is 9.10. The van der Waals surface area contributed by atoms with Crippen LogP contribution in [0.1, 0.15) is 37.2 Å². The van der Waals surface area contributed by atoms with Crippen LogP contribution in [0.5, 0.6) is 0 Å². The number of rotatable bonds is 2. The summed E-state index contributed by atoms with van der Waals surface area (Å²) in [5, 5.41) is 8.04. The quantitative estimate of drug-likeness (QED) is 0.881. The van der Waals surface area contributed by atoms with E-state index >= 15 is 0 Å². The summed E-state index contributed by atoms with van der Waals surface area (Å²) in [6, 6.07) is 0.455. The molecule has 1 N–H and O–H groups in total. The Kier molecular flexibility index (Phi) is 2.93. The number of hydrogen-bond donors (Lipinski definition) is 1. The van der Waals surface area contributed by atoms with Gasteiger partial charge in [0, 0.05) is 7.05 Å². The summed E-state index contributed by atoms with van der Waals surface area (Å²) in [5.74, 6) is 0. The highest BCUT2D eigenvalue weighted by atomic mass is 79.9. The highest BCUT2D eigenvalue weighted by Crippen LogP contribution is 2.30. The van der Waals surface area contributed by atoms with Gasteiger partial charge in [0.25, 0.3) is 0 Å². The Balaban J connectivity index is 2.33. The van der Waals surface area contributed by atoms with Crippen LogP contribution in [0.25, 0.3) is 0 Å². The maximum absolute atomic E-state index is 4.57. The molecule has 1 aliphatic rings. The van der Waals surface area contributed by atoms with E-state index in [-0.39, 0.29) is 0 Å². The van der Waals surface area contributed by atoms with Crippen molar-refractivity contribution in [3.05, 3.63) is 15.9 Å². The SMILES string of the molecule is CCc1c(Br)c(C2CCCN2)nn1C. The molecule has 4 heteroatoms. The molecule has 3 nitrogen and oxygen atoms in total. The van der Waals surface area contributed by atoms with Gasteiger partial charge in [-0.05, 0) is 41.7 Å². The molecule has 0 aromatic carbocycles. The van der Waals surface area contributed by atoms with Gasteiger partial charge >= 0.3 is 0 Å². The first-order valence-electron chi connectivity index (χ1n) is 5.18. The second-order valence-electron chi connectivity index (χ2n) is 3.77. The van der Waals surface area contributed by atoms with Gasteiger partial charge in [0.05, 0.1) is 21.9 Å². The smallest absolute Gasteiger partial charge is 0.0938 e. The molecule has 0 saturated carbocycles. The minimum Gasteiger partial charge on any atom is -0.309 e. The van der Waals surface area contributed by atoms with E-state index in [1.807, 2.05) is 11.7 Å². The van der Waals surface area contributed by atoms with Crippen molar-refractivity contribution in [2.24, 2.45) is 7.05 Å². The van der Waals surface area contributed by atoms with E-state index in [1.54, 1.807) is 0 Å². The van der Waals surface area contributed by atoms with Gasteiger partial charge in [-0.25, -0.2) is 0 Å². The van der Waals surface area contributed by atoms with Crippen molar-refractivity contribution in [1.82, 2.24) is 15.1 Å². The predicted molar refractivity (Wildman–Crippen MR) is 60.3 cm³/mol. The van der Waals surface area contributed by atoms with Crippen LogP contribution in [0.2, 0.25) is 0 Å². The van der Waals surface area contributed by atoms with Gasteiger partial charge < -0.3 is 5.32 Å². The molecule has 1 aromatic rings. The van der Waals surface area contributed by atoms with Gasteiger partial charge in [-0.1, -0.05) is 6.92 Å². The Morgan fingerprint density at radius 1 is 1.64 bits per heavy atom. The topological polar surface area (TPSA) is 29.9 Å². The fourth-order valence-electron chi connectivity index (χ4n) is 2.08. The third-order valence-corrected chi connectivity index (χ3v) is 3.72. The Bertz CT molecular complexity index is 326. The molecule has 0 aliphatic carbocycles. The van der Waals surface area contributed by atoms with Gasteiger partial charge in [-0.15, -0.1) is 0 Å². The van der Waals surface area contributed by atoms with Crippen molar-refractivity contribution in [2.75, 3.05) is 6.54 Å². The zero-order valence-corrected chi connectivity index (χ0v) is 10.3. The van der Waals surface area contributed by atoms with Crippen LogP contribution >= 0.6 is 15.9 Å². The number of nitrogens with one attached hydrogen (secondary N) is 1. The van der Waals surface area contributed by atoms with E-state index in [2.05, 4.69) is 33.3 Å². The lowest BCUT2D eigenvalue weighted by Gasteiger charge is -2.06. The summed E-state index contributed by atoms with van der Waals surface area (Å²) < 4.78 is 3.18. The van der Waals surface area contributed by atoms with Crippen LogP contribution in [-0.2, 0) is 13.5 Å². The van der Waals surface area contributed by atoms with E-state index in [0.29, 0.717) is 6.04 Å². The first-order chi connectivity index (χ1) is 6.74. The first kappa shape index (κ1) is 10.2. The normalized spacial score (nSPS) is 21.8. The molecule has 1 fully saturated rings. The van der Waals surface area contributed by atoms with E-state index in [0.717, 1.165) is 13.0 Å². The zero-order chi connectivity index (χ0) is 10.1. The Morgan fingerprint density at radius 2 is 2.43 bits per heavy atom. The zero-order valence-electron chi connectivity index (χ0n) is 8.68. The van der Waals surface area contributed by atoms with E-state index in [9.17, 15) is 0 Å². The summed E-state index contributed by atoms with van der Waals surface area (Å²) in [6.45, 7) is 3.28. The van der Waals surface area contributed by atoms with Crippen molar-refractivity contribution < 1.29 is 0 Å². The molecule has 0 radical (unpaired) electrons. The lowest BCUT2D eigenvalue weighted by molar-refractivity contribution is 0.602. The molecular formula is C10H16BrN3. The van der Waals surface area contributed by atoms with E-state index < -0.39 is 0 Å². The molecule has 2 rings (SSSR count). The number of aromatic nitrogens is 2. The van der Waals surface area contributed by atoms with Crippen molar-refractivity contribution >= 4 is 15.9 Å². The summed E-state index contributed by atoms with van der Waals surface area (Å²) in [7, 11) is 2.02. The van der Waals surface area contributed by atoms with Crippen LogP contribution in [0.3, 0.4) is 0 Å². The largest absolute Gasteiger partial charge is 0.309 e. The molecule has 0 bridgehead atoms. The average Bonchev–Trinajstić information content (AvgIpc) is 2.74.